The number of para-hydroxylation sites is 1. The van der Waals surface area contributed by atoms with Gasteiger partial charge in [0.2, 0.25) is 17.7 Å². The normalized spacial score (nSPS) is 17.3. The quantitative estimate of drug-likeness (QED) is 0.208. The van der Waals surface area contributed by atoms with E-state index in [9.17, 15) is 37.2 Å². The Morgan fingerprint density at radius 2 is 1.75 bits per heavy atom. The van der Waals surface area contributed by atoms with Gasteiger partial charge in [-0.2, -0.15) is 0 Å². The molecule has 5 heterocycles. The van der Waals surface area contributed by atoms with Crippen LogP contribution in [0.3, 0.4) is 0 Å². The minimum atomic E-state index is -4.42. The summed E-state index contributed by atoms with van der Waals surface area (Å²) in [6, 6.07) is 9.50. The van der Waals surface area contributed by atoms with Crippen molar-refractivity contribution in [3.8, 4) is 0 Å². The van der Waals surface area contributed by atoms with Gasteiger partial charge in [-0.1, -0.05) is 41.1 Å². The number of carbonyl (C=O) groups excluding carboxylic acids is 6. The van der Waals surface area contributed by atoms with Crippen LogP contribution in [0.5, 0.6) is 0 Å². The molecule has 20 heteroatoms. The number of hydrogen-bond donors (Lipinski definition) is 3. The number of anilines is 4. The zero-order valence-corrected chi connectivity index (χ0v) is 31.7. The van der Waals surface area contributed by atoms with Crippen LogP contribution in [0.15, 0.2) is 53.6 Å². The smallest absolute Gasteiger partial charge is 0.267 e. The van der Waals surface area contributed by atoms with Crippen LogP contribution in [0.25, 0.3) is 0 Å². The molecule has 2 saturated heterocycles. The number of benzene rings is 2. The Bertz CT molecular complexity index is 2390. The Hall–Kier alpha value is -5.79. The molecule has 0 spiro atoms. The van der Waals surface area contributed by atoms with Crippen molar-refractivity contribution in [1.82, 2.24) is 30.1 Å². The van der Waals surface area contributed by atoms with Gasteiger partial charge in [0.25, 0.3) is 17.7 Å². The van der Waals surface area contributed by atoms with Gasteiger partial charge < -0.3 is 20.4 Å². The first-order valence-corrected chi connectivity index (χ1v) is 19.8. The molecule has 2 aromatic heterocycles. The maximum Gasteiger partial charge on any atom is 0.267 e. The lowest BCUT2D eigenvalue weighted by atomic mass is 10.0. The second-order valence-electron chi connectivity index (χ2n) is 13.0. The van der Waals surface area contributed by atoms with E-state index in [2.05, 4.69) is 30.9 Å². The highest BCUT2D eigenvalue weighted by Gasteiger charge is 2.47. The first kappa shape index (κ1) is 37.5. The summed E-state index contributed by atoms with van der Waals surface area (Å²) in [6.45, 7) is 4.53. The summed E-state index contributed by atoms with van der Waals surface area (Å²) in [5.41, 5.74) is 0.735. The predicted octanol–water partition coefficient (Wildman–Crippen LogP) is 2.72. The monoisotopic (exact) mass is 805 g/mol. The number of aromatic nitrogens is 3. The van der Waals surface area contributed by atoms with Gasteiger partial charge in [0.15, 0.2) is 15.0 Å². The number of aryl methyl sites for hydroxylation is 2. The van der Waals surface area contributed by atoms with Crippen LogP contribution in [0.2, 0.25) is 5.02 Å². The number of carbonyl (C=O) groups is 6. The highest BCUT2D eigenvalue weighted by Crippen LogP contribution is 2.33. The van der Waals surface area contributed by atoms with E-state index < -0.39 is 61.6 Å². The minimum absolute atomic E-state index is 0.0897. The van der Waals surface area contributed by atoms with Crippen LogP contribution in [0, 0.1) is 13.8 Å². The third-order valence-electron chi connectivity index (χ3n) is 9.28. The molecule has 3 aliphatic heterocycles. The Kier molecular flexibility index (Phi) is 10.1. The molecule has 17 nitrogen and oxygen atoms in total. The molecule has 3 N–H and O–H groups in total. The van der Waals surface area contributed by atoms with E-state index >= 15 is 0 Å². The number of nitrogens with one attached hydrogen (secondary N) is 3. The molecule has 7 rings (SSSR count). The average molecular weight is 806 g/mol. The van der Waals surface area contributed by atoms with Gasteiger partial charge in [0, 0.05) is 38.7 Å². The first-order valence-electron chi connectivity index (χ1n) is 16.9. The molecule has 0 aliphatic carbocycles. The number of amides is 6. The van der Waals surface area contributed by atoms with Gasteiger partial charge in [-0.25, -0.2) is 23.4 Å². The molecular formula is C35H32ClN9O8S2. The fraction of sp³-hybridized carbons (Fsp3) is 0.286. The molecule has 6 amide bonds. The maximum atomic E-state index is 13.6. The zero-order valence-electron chi connectivity index (χ0n) is 29.3. The van der Waals surface area contributed by atoms with Crippen LogP contribution in [0.4, 0.5) is 22.5 Å². The fourth-order valence-electron chi connectivity index (χ4n) is 6.55. The van der Waals surface area contributed by atoms with E-state index in [0.717, 1.165) is 23.0 Å². The number of piperazine rings is 1. The van der Waals surface area contributed by atoms with Gasteiger partial charge in [-0.3, -0.25) is 39.0 Å². The molecule has 55 heavy (non-hydrogen) atoms. The zero-order chi connectivity index (χ0) is 39.2. The second kappa shape index (κ2) is 14.8. The number of halogens is 1. The third kappa shape index (κ3) is 7.49. The van der Waals surface area contributed by atoms with Crippen molar-refractivity contribution in [3.63, 3.8) is 0 Å². The molecule has 1 unspecified atom stereocenters. The van der Waals surface area contributed by atoms with E-state index in [-0.39, 0.29) is 37.4 Å². The van der Waals surface area contributed by atoms with E-state index in [0.29, 0.717) is 56.2 Å². The van der Waals surface area contributed by atoms with E-state index in [4.69, 9.17) is 11.6 Å². The topological polar surface area (TPSA) is 221 Å². The Morgan fingerprint density at radius 1 is 1.00 bits per heavy atom. The van der Waals surface area contributed by atoms with Crippen LogP contribution < -0.4 is 20.9 Å². The van der Waals surface area contributed by atoms with Crippen molar-refractivity contribution in [1.29, 1.82) is 0 Å². The summed E-state index contributed by atoms with van der Waals surface area (Å²) >= 11 is 7.38. The molecule has 2 aromatic carbocycles. The van der Waals surface area contributed by atoms with Crippen molar-refractivity contribution in [2.45, 2.75) is 37.6 Å². The summed E-state index contributed by atoms with van der Waals surface area (Å²) in [6.07, 6.45) is 1.26. The largest absolute Gasteiger partial charge is 0.353 e. The average Bonchev–Trinajstić information content (AvgIpc) is 3.71. The number of fused-ring (bicyclic) bond motifs is 1. The van der Waals surface area contributed by atoms with Crippen LogP contribution >= 0.6 is 22.9 Å². The SMILES string of the molecule is Cc1nc(Nc2ncc(C(=O)Nc3c(C)cccc3Cl)s2)cc(N2CCN(C(=O)CS(=O)(=O)c3cccc4c3C(=O)N(C3CCC(=O)NC3=O)C4=O)CC2)n1. The van der Waals surface area contributed by atoms with E-state index in [1.165, 1.54) is 23.2 Å². The van der Waals surface area contributed by atoms with Gasteiger partial charge in [0.05, 0.1) is 32.9 Å². The molecular weight excluding hydrogens is 774 g/mol. The number of sulfone groups is 1. The standard InChI is InChI=1S/C35H32ClN9O8S2/c1-18-5-3-7-21(36)30(18)42-32(49)23-16-37-35(54-23)40-25-15-26(39-19(2)38-25)43-11-13-44(14-12-43)28(47)17-55(52,53)24-8-4-6-20-29(24)34(51)45(33(20)50)22-9-10-27(46)41-31(22)48/h3-8,15-16,22H,9-14,17H2,1-2H3,(H,42,49)(H,41,46,48)(H,37,38,39,40). The summed E-state index contributed by atoms with van der Waals surface area (Å²) in [5.74, 6) is -3.76. The molecule has 284 valence electrons. The second-order valence-corrected chi connectivity index (χ2v) is 16.3. The van der Waals surface area contributed by atoms with Crippen LogP contribution in [-0.4, -0.2) is 107 Å². The Labute approximate surface area is 323 Å². The molecule has 2 fully saturated rings. The number of hydrogen-bond acceptors (Lipinski definition) is 14. The van der Waals surface area contributed by atoms with Crippen LogP contribution in [-0.2, 0) is 24.2 Å². The highest BCUT2D eigenvalue weighted by atomic mass is 35.5. The van der Waals surface area contributed by atoms with Crippen molar-refractivity contribution in [3.05, 3.63) is 81.1 Å². The summed E-state index contributed by atoms with van der Waals surface area (Å²) in [4.78, 5) is 94.2. The molecule has 0 bridgehead atoms. The molecule has 3 aliphatic rings. The minimum Gasteiger partial charge on any atom is -0.353 e. The van der Waals surface area contributed by atoms with Gasteiger partial charge in [-0.15, -0.1) is 0 Å². The number of piperidine rings is 1. The maximum absolute atomic E-state index is 13.6. The van der Waals surface area contributed by atoms with Gasteiger partial charge in [-0.05, 0) is 44.0 Å². The molecule has 1 atom stereocenters. The van der Waals surface area contributed by atoms with Crippen molar-refractivity contribution >= 4 is 90.7 Å². The predicted molar refractivity (Wildman–Crippen MR) is 200 cm³/mol. The lowest BCUT2D eigenvalue weighted by molar-refractivity contribution is -0.136. The summed E-state index contributed by atoms with van der Waals surface area (Å²) < 4.78 is 27.3. The number of rotatable bonds is 9. The third-order valence-corrected chi connectivity index (χ3v) is 12.1. The molecule has 0 radical (unpaired) electrons. The lowest BCUT2D eigenvalue weighted by Gasteiger charge is -2.35. The summed E-state index contributed by atoms with van der Waals surface area (Å²) in [5, 5.41) is 8.87. The van der Waals surface area contributed by atoms with Crippen molar-refractivity contribution in [2.24, 2.45) is 0 Å². The first-order chi connectivity index (χ1) is 26.2. The number of nitrogens with zero attached hydrogens (tertiary/aromatic N) is 6. The Balaban J connectivity index is 0.981. The number of imide groups is 2. The fourth-order valence-corrected chi connectivity index (χ4v) is 8.99. The van der Waals surface area contributed by atoms with Crippen LogP contribution in [0.1, 0.15) is 54.6 Å². The highest BCUT2D eigenvalue weighted by molar-refractivity contribution is 7.92. The Morgan fingerprint density at radius 3 is 2.47 bits per heavy atom. The van der Waals surface area contributed by atoms with Gasteiger partial charge in [0.1, 0.15) is 34.1 Å². The molecule has 4 aromatic rings. The van der Waals surface area contributed by atoms with Crippen molar-refractivity contribution < 1.29 is 37.2 Å². The molecule has 0 saturated carbocycles. The van der Waals surface area contributed by atoms with Gasteiger partial charge >= 0.3 is 0 Å². The number of thiazole rings is 1. The van der Waals surface area contributed by atoms with Crippen molar-refractivity contribution in [2.75, 3.05) is 47.5 Å². The summed E-state index contributed by atoms with van der Waals surface area (Å²) in [7, 11) is -4.42. The van der Waals surface area contributed by atoms with E-state index in [1.54, 1.807) is 25.1 Å². The van der Waals surface area contributed by atoms with E-state index in [1.807, 2.05) is 17.9 Å². The lowest BCUT2D eigenvalue weighted by Crippen LogP contribution is -2.54.